The maximum absolute atomic E-state index is 13.9. The number of allylic oxidation sites excluding steroid dienone is 2. The van der Waals surface area contributed by atoms with Gasteiger partial charge in [0.05, 0.1) is 12.7 Å². The maximum atomic E-state index is 13.9. The Morgan fingerprint density at radius 1 is 1.16 bits per heavy atom. The molecule has 198 valence electrons. The number of hydrogen-bond donors (Lipinski definition) is 6. The number of nitrogens with one attached hydrogen (secondary N) is 1. The van der Waals surface area contributed by atoms with E-state index in [0.29, 0.717) is 34.7 Å². The molecule has 38 heavy (non-hydrogen) atoms. The molecule has 0 radical (unpaired) electrons. The number of hydrogen-bond acceptors (Lipinski definition) is 9. The number of aromatic hydroxyl groups is 1. The molecule has 0 heterocycles. The SMILES string of the molecule is COc1c2c(c(O)c3cc(CNC4CC4)ccc13)C(=O)C1=C(O)[C@]3(O)C(=O)C(C(N)=O)=C(O)C[C@@H]3CC1C2. The summed E-state index contributed by atoms with van der Waals surface area (Å²) in [6.45, 7) is 0.598. The first kappa shape index (κ1) is 24.4. The zero-order valence-electron chi connectivity index (χ0n) is 20.7. The minimum Gasteiger partial charge on any atom is -0.511 e. The highest BCUT2D eigenvalue weighted by Gasteiger charge is 2.59. The van der Waals surface area contributed by atoms with Gasteiger partial charge in [0.1, 0.15) is 28.6 Å². The van der Waals surface area contributed by atoms with Gasteiger partial charge in [-0.2, -0.15) is 0 Å². The monoisotopic (exact) mass is 520 g/mol. The Hall–Kier alpha value is -3.89. The number of rotatable bonds is 5. The van der Waals surface area contributed by atoms with Crippen molar-refractivity contribution in [2.45, 2.75) is 50.3 Å². The molecule has 1 amide bonds. The van der Waals surface area contributed by atoms with Crippen LogP contribution in [0.2, 0.25) is 0 Å². The molecule has 10 nitrogen and oxygen atoms in total. The topological polar surface area (TPSA) is 179 Å². The normalized spacial score (nSPS) is 26.8. The van der Waals surface area contributed by atoms with Crippen molar-refractivity contribution in [1.29, 1.82) is 0 Å². The van der Waals surface area contributed by atoms with Crippen LogP contribution in [0.3, 0.4) is 0 Å². The molecule has 6 rings (SSSR count). The maximum Gasteiger partial charge on any atom is 0.255 e. The summed E-state index contributed by atoms with van der Waals surface area (Å²) in [4.78, 5) is 38.8. The predicted molar refractivity (Wildman–Crippen MR) is 135 cm³/mol. The third-order valence-electron chi connectivity index (χ3n) is 8.43. The van der Waals surface area contributed by atoms with E-state index < -0.39 is 52.0 Å². The third kappa shape index (κ3) is 3.30. The Kier molecular flexibility index (Phi) is 5.34. The Labute approximate surface area is 217 Å². The number of aliphatic hydroxyl groups excluding tert-OH is 2. The highest BCUT2D eigenvalue weighted by atomic mass is 16.5. The average Bonchev–Trinajstić information content (AvgIpc) is 3.70. The van der Waals surface area contributed by atoms with E-state index in [1.165, 1.54) is 7.11 Å². The van der Waals surface area contributed by atoms with Gasteiger partial charge in [-0.05, 0) is 43.2 Å². The van der Waals surface area contributed by atoms with Crippen LogP contribution in [0.5, 0.6) is 11.5 Å². The molecule has 4 aliphatic rings. The van der Waals surface area contributed by atoms with Gasteiger partial charge in [0.15, 0.2) is 11.4 Å². The molecule has 0 aliphatic heterocycles. The molecule has 0 aromatic heterocycles. The molecule has 1 saturated carbocycles. The van der Waals surface area contributed by atoms with E-state index in [9.17, 15) is 34.8 Å². The van der Waals surface area contributed by atoms with E-state index in [0.717, 1.165) is 18.4 Å². The highest BCUT2D eigenvalue weighted by Crippen LogP contribution is 2.53. The van der Waals surface area contributed by atoms with Crippen molar-refractivity contribution in [2.75, 3.05) is 7.11 Å². The number of phenolic OH excluding ortho intramolecular Hbond substituents is 1. The van der Waals surface area contributed by atoms with Crippen LogP contribution in [0.25, 0.3) is 10.8 Å². The number of primary amides is 1. The number of amides is 1. The number of fused-ring (bicyclic) bond motifs is 4. The number of ketones is 2. The van der Waals surface area contributed by atoms with Gasteiger partial charge in [0, 0.05) is 46.8 Å². The zero-order chi connectivity index (χ0) is 27.1. The van der Waals surface area contributed by atoms with Crippen molar-refractivity contribution < 1.29 is 39.5 Å². The Balaban J connectivity index is 1.50. The van der Waals surface area contributed by atoms with Gasteiger partial charge in [-0.25, -0.2) is 0 Å². The van der Waals surface area contributed by atoms with Crippen LogP contribution >= 0.6 is 0 Å². The Bertz CT molecular complexity index is 1520. The van der Waals surface area contributed by atoms with Gasteiger partial charge in [0.2, 0.25) is 5.78 Å². The summed E-state index contributed by atoms with van der Waals surface area (Å²) >= 11 is 0. The van der Waals surface area contributed by atoms with Crippen molar-refractivity contribution in [3.05, 3.63) is 57.6 Å². The highest BCUT2D eigenvalue weighted by molar-refractivity contribution is 6.25. The van der Waals surface area contributed by atoms with Gasteiger partial charge < -0.3 is 36.2 Å². The molecule has 3 atom stereocenters. The van der Waals surface area contributed by atoms with E-state index in [1.807, 2.05) is 12.1 Å². The molecule has 2 aromatic rings. The molecule has 0 bridgehead atoms. The number of methoxy groups -OCH3 is 1. The second-order valence-corrected chi connectivity index (χ2v) is 10.7. The summed E-state index contributed by atoms with van der Waals surface area (Å²) in [6, 6.07) is 6.06. The van der Waals surface area contributed by atoms with Crippen molar-refractivity contribution in [2.24, 2.45) is 17.6 Å². The van der Waals surface area contributed by atoms with Crippen LogP contribution in [-0.2, 0) is 22.6 Å². The number of benzene rings is 2. The van der Waals surface area contributed by atoms with E-state index in [4.69, 9.17) is 10.5 Å². The molecule has 1 unspecified atom stereocenters. The second-order valence-electron chi connectivity index (χ2n) is 10.7. The summed E-state index contributed by atoms with van der Waals surface area (Å²) in [5, 5.41) is 48.7. The quantitative estimate of drug-likeness (QED) is 0.322. The lowest BCUT2D eigenvalue weighted by Crippen LogP contribution is -2.57. The first-order valence-corrected chi connectivity index (χ1v) is 12.6. The first-order valence-electron chi connectivity index (χ1n) is 12.6. The fraction of sp³-hybridized carbons (Fsp3) is 0.393. The number of carbonyl (C=O) groups is 3. The Morgan fingerprint density at radius 3 is 2.55 bits per heavy atom. The summed E-state index contributed by atoms with van der Waals surface area (Å²) in [5.74, 6) is -6.07. The van der Waals surface area contributed by atoms with E-state index in [1.54, 1.807) is 6.07 Å². The second kappa shape index (κ2) is 8.31. The van der Waals surface area contributed by atoms with Gasteiger partial charge in [-0.1, -0.05) is 12.1 Å². The predicted octanol–water partition coefficient (Wildman–Crippen LogP) is 1.99. The molecule has 0 saturated heterocycles. The molecular formula is C28H28N2O8. The number of ether oxygens (including phenoxy) is 1. The minimum absolute atomic E-state index is 0.0572. The van der Waals surface area contributed by atoms with Crippen LogP contribution in [-0.4, -0.2) is 56.7 Å². The van der Waals surface area contributed by atoms with Gasteiger partial charge >= 0.3 is 0 Å². The lowest BCUT2D eigenvalue weighted by atomic mass is 9.60. The van der Waals surface area contributed by atoms with Crippen LogP contribution < -0.4 is 15.8 Å². The fourth-order valence-corrected chi connectivity index (χ4v) is 6.39. The first-order chi connectivity index (χ1) is 18.1. The molecule has 7 N–H and O–H groups in total. The van der Waals surface area contributed by atoms with E-state index in [-0.39, 0.29) is 36.1 Å². The molecule has 1 fully saturated rings. The molecule has 4 aliphatic carbocycles. The number of nitrogens with two attached hydrogens (primary N) is 1. The average molecular weight is 521 g/mol. The zero-order valence-corrected chi connectivity index (χ0v) is 20.7. The van der Waals surface area contributed by atoms with Gasteiger partial charge in [-0.15, -0.1) is 0 Å². The van der Waals surface area contributed by atoms with E-state index >= 15 is 0 Å². The van der Waals surface area contributed by atoms with Crippen molar-refractivity contribution in [3.8, 4) is 11.5 Å². The summed E-state index contributed by atoms with van der Waals surface area (Å²) in [6.07, 6.45) is 2.23. The Morgan fingerprint density at radius 2 is 1.89 bits per heavy atom. The number of aliphatic hydroxyl groups is 3. The number of Topliss-reactive ketones (excluding diaryl/α,β-unsaturated/α-hetero) is 2. The molecule has 2 aromatic carbocycles. The fourth-order valence-electron chi connectivity index (χ4n) is 6.39. The lowest BCUT2D eigenvalue weighted by molar-refractivity contribution is -0.144. The van der Waals surface area contributed by atoms with Gasteiger partial charge in [-0.3, -0.25) is 14.4 Å². The minimum atomic E-state index is -2.59. The van der Waals surface area contributed by atoms with Crippen molar-refractivity contribution in [3.63, 3.8) is 0 Å². The molecular weight excluding hydrogens is 492 g/mol. The smallest absolute Gasteiger partial charge is 0.255 e. The number of phenols is 1. The third-order valence-corrected chi connectivity index (χ3v) is 8.43. The van der Waals surface area contributed by atoms with Crippen LogP contribution in [0.15, 0.2) is 40.9 Å². The van der Waals surface area contributed by atoms with Crippen molar-refractivity contribution in [1.82, 2.24) is 5.32 Å². The van der Waals surface area contributed by atoms with Crippen LogP contribution in [0.1, 0.15) is 47.2 Å². The van der Waals surface area contributed by atoms with Crippen molar-refractivity contribution >= 4 is 28.2 Å². The number of carbonyl (C=O) groups excluding carboxylic acids is 3. The van der Waals surface area contributed by atoms with Crippen LogP contribution in [0.4, 0.5) is 0 Å². The lowest BCUT2D eigenvalue weighted by Gasteiger charge is -2.45. The largest absolute Gasteiger partial charge is 0.511 e. The summed E-state index contributed by atoms with van der Waals surface area (Å²) in [7, 11) is 1.48. The summed E-state index contributed by atoms with van der Waals surface area (Å²) < 4.78 is 5.73. The summed E-state index contributed by atoms with van der Waals surface area (Å²) in [5.41, 5.74) is 3.00. The molecule has 10 heteroatoms. The standard InChI is InChI=1S/C28H28N2O8/c1-38-24-15-5-2-11(10-30-14-3-4-14)6-16(15)22(32)20-17(24)8-12-7-13-9-18(31)21(27(29)36)26(35)28(13,37)25(34)19(12)23(20)33/h2,5-6,12-14,30-32,34,37H,3-4,7-10H2,1H3,(H2,29,36)/t12?,13-,28-/m0/s1. The molecule has 0 spiro atoms. The van der Waals surface area contributed by atoms with Gasteiger partial charge in [0.25, 0.3) is 5.91 Å². The van der Waals surface area contributed by atoms with Crippen LogP contribution in [0, 0.1) is 11.8 Å². The van der Waals surface area contributed by atoms with E-state index in [2.05, 4.69) is 5.32 Å².